The molecular weight excluding hydrogens is 539 g/mol. The Hall–Kier alpha value is -3.52. The van der Waals surface area contributed by atoms with Gasteiger partial charge >= 0.3 is 0 Å². The number of ketones is 2. The van der Waals surface area contributed by atoms with Crippen LogP contribution in [0.15, 0.2) is 16.9 Å². The summed E-state index contributed by atoms with van der Waals surface area (Å²) < 4.78 is 16.5. The van der Waals surface area contributed by atoms with Crippen LogP contribution in [0, 0.1) is 23.6 Å². The number of nitrogens with one attached hydrogen (secondary N) is 1. The van der Waals surface area contributed by atoms with Crippen molar-refractivity contribution in [1.82, 2.24) is 9.80 Å². The van der Waals surface area contributed by atoms with E-state index in [1.165, 1.54) is 19.0 Å². The van der Waals surface area contributed by atoms with E-state index < -0.39 is 75.7 Å². The van der Waals surface area contributed by atoms with E-state index in [1.807, 2.05) is 4.90 Å². The molecule has 13 heteroatoms. The molecule has 2 aliphatic heterocycles. The number of aliphatic hydroxyl groups excluding tert-OH is 3. The minimum atomic E-state index is -2.76. The third-order valence-electron chi connectivity index (χ3n) is 9.71. The number of phenolic OH excluding ortho intramolecular Hbond substituents is 1. The maximum atomic E-state index is 16.5. The molecule has 1 amide bonds. The molecule has 5 aliphatic rings. The van der Waals surface area contributed by atoms with Gasteiger partial charge in [-0.05, 0) is 51.7 Å². The lowest BCUT2D eigenvalue weighted by Crippen LogP contribution is -2.65. The highest BCUT2D eigenvalue weighted by atomic mass is 19.1. The van der Waals surface area contributed by atoms with E-state index in [1.54, 1.807) is 0 Å². The summed E-state index contributed by atoms with van der Waals surface area (Å²) in [6, 6.07) is -1.62. The molecular formula is C28H33FN4O8. The van der Waals surface area contributed by atoms with Crippen LogP contribution < -0.4 is 11.1 Å². The lowest BCUT2D eigenvalue weighted by atomic mass is 9.57. The van der Waals surface area contributed by atoms with Gasteiger partial charge in [0.2, 0.25) is 5.78 Å². The van der Waals surface area contributed by atoms with Crippen molar-refractivity contribution in [2.75, 3.05) is 45.7 Å². The number of phenols is 1. The summed E-state index contributed by atoms with van der Waals surface area (Å²) in [7, 11) is 3.03. The second-order valence-corrected chi connectivity index (χ2v) is 11.9. The van der Waals surface area contributed by atoms with Gasteiger partial charge in [0.05, 0.1) is 23.9 Å². The number of benzene rings is 1. The molecule has 2 unspecified atom stereocenters. The van der Waals surface area contributed by atoms with E-state index in [2.05, 4.69) is 5.32 Å². The lowest BCUT2D eigenvalue weighted by molar-refractivity contribution is -0.153. The summed E-state index contributed by atoms with van der Waals surface area (Å²) in [5, 5.41) is 58.1. The van der Waals surface area contributed by atoms with Crippen molar-refractivity contribution < 1.29 is 44.3 Å². The molecule has 0 radical (unpaired) electrons. The molecule has 6 rings (SSSR count). The number of rotatable bonds is 4. The van der Waals surface area contributed by atoms with Crippen molar-refractivity contribution in [3.63, 3.8) is 0 Å². The van der Waals surface area contributed by atoms with Crippen LogP contribution in [0.3, 0.4) is 0 Å². The number of hydrogen-bond donors (Lipinski definition) is 7. The van der Waals surface area contributed by atoms with Crippen molar-refractivity contribution in [2.45, 2.75) is 36.9 Å². The number of primary amides is 1. The van der Waals surface area contributed by atoms with Gasteiger partial charge in [-0.3, -0.25) is 24.2 Å². The van der Waals surface area contributed by atoms with Gasteiger partial charge < -0.3 is 36.6 Å². The minimum absolute atomic E-state index is 0.00478. The molecule has 0 aromatic heterocycles. The number of anilines is 1. The van der Waals surface area contributed by atoms with Gasteiger partial charge in [-0.1, -0.05) is 0 Å². The maximum Gasteiger partial charge on any atom is 0.255 e. The van der Waals surface area contributed by atoms with Crippen molar-refractivity contribution in [2.24, 2.45) is 23.5 Å². The average Bonchev–Trinajstić information content (AvgIpc) is 3.31. The van der Waals surface area contributed by atoms with Crippen molar-refractivity contribution in [3.05, 3.63) is 39.4 Å². The number of aliphatic hydroxyl groups is 4. The van der Waals surface area contributed by atoms with E-state index >= 15 is 4.39 Å². The highest BCUT2D eigenvalue weighted by Crippen LogP contribution is 2.56. The zero-order valence-electron chi connectivity index (χ0n) is 22.6. The zero-order valence-corrected chi connectivity index (χ0v) is 22.6. The summed E-state index contributed by atoms with van der Waals surface area (Å²) >= 11 is 0. The smallest absolute Gasteiger partial charge is 0.255 e. The standard InChI is InChI=1S/C28H33FN4O8/c1-32(2)21-13-8-11-7-12-15(22(35)14(11)25(38)28(13,41)26(39)17(24(21)37)27(30)40)23(36)19-16(18(12)29)20-10(9-31-19)3-4-33(20)5-6-34/h10-11,13,20-21,31,34-36,39,41H,3-9H2,1-2H3,(H2,30,40)/t10?,11-,13-,20?,21-,28-/m0/s1. The minimum Gasteiger partial charge on any atom is -0.508 e. The number of Topliss-reactive ketones (excluding diaryl/α,β-unsaturated/α-hetero) is 2. The van der Waals surface area contributed by atoms with Crippen molar-refractivity contribution >= 4 is 28.9 Å². The normalized spacial score (nSPS) is 32.8. The molecule has 8 N–H and O–H groups in total. The molecule has 0 spiro atoms. The second kappa shape index (κ2) is 9.24. The third kappa shape index (κ3) is 3.49. The van der Waals surface area contributed by atoms with E-state index in [0.29, 0.717) is 19.6 Å². The van der Waals surface area contributed by atoms with Gasteiger partial charge in [-0.25, -0.2) is 4.39 Å². The number of fused-ring (bicyclic) bond motifs is 6. The van der Waals surface area contributed by atoms with E-state index in [4.69, 9.17) is 5.73 Å². The number of nitrogens with zero attached hydrogens (tertiary/aromatic N) is 2. The molecule has 220 valence electrons. The van der Waals surface area contributed by atoms with E-state index in [0.717, 1.165) is 6.42 Å². The number of halogens is 1. The number of amides is 1. The van der Waals surface area contributed by atoms with Crippen LogP contribution in [0.1, 0.15) is 35.6 Å². The van der Waals surface area contributed by atoms with Crippen LogP contribution >= 0.6 is 0 Å². The molecule has 0 bridgehead atoms. The summed E-state index contributed by atoms with van der Waals surface area (Å²) in [6.45, 7) is 1.29. The van der Waals surface area contributed by atoms with Crippen LogP contribution in [0.25, 0.3) is 5.76 Å². The van der Waals surface area contributed by atoms with Crippen LogP contribution in [0.4, 0.5) is 10.1 Å². The first-order valence-electron chi connectivity index (χ1n) is 13.7. The molecule has 2 fully saturated rings. The first kappa shape index (κ1) is 27.6. The van der Waals surface area contributed by atoms with Crippen LogP contribution in [0.5, 0.6) is 5.75 Å². The first-order valence-corrected chi connectivity index (χ1v) is 13.7. The quantitative estimate of drug-likeness (QED) is 0.188. The van der Waals surface area contributed by atoms with Gasteiger partial charge in [0.15, 0.2) is 11.4 Å². The Labute approximate surface area is 234 Å². The fourth-order valence-corrected chi connectivity index (χ4v) is 7.98. The van der Waals surface area contributed by atoms with Gasteiger partial charge in [0, 0.05) is 41.7 Å². The Morgan fingerprint density at radius 2 is 1.95 bits per heavy atom. The Bertz CT molecular complexity index is 1470. The average molecular weight is 573 g/mol. The summed E-state index contributed by atoms with van der Waals surface area (Å²) in [5.41, 5.74) is 1.42. The number of β-amino-alcohol motifs (C(OH)–C–C–N with tert-alkyl or cyclic N) is 1. The molecule has 3 aliphatic carbocycles. The number of likely N-dealkylation sites (tertiary alicyclic amines) is 1. The molecule has 41 heavy (non-hydrogen) atoms. The van der Waals surface area contributed by atoms with Crippen molar-refractivity contribution in [1.29, 1.82) is 0 Å². The number of carbonyl (C=O) groups excluding carboxylic acids is 3. The molecule has 12 nitrogen and oxygen atoms in total. The zero-order chi connectivity index (χ0) is 29.7. The van der Waals surface area contributed by atoms with E-state index in [-0.39, 0.29) is 53.3 Å². The summed E-state index contributed by atoms with van der Waals surface area (Å²) in [5.74, 6) is -8.37. The monoisotopic (exact) mass is 572 g/mol. The Balaban J connectivity index is 1.54. The summed E-state index contributed by atoms with van der Waals surface area (Å²) in [4.78, 5) is 42.7. The fourth-order valence-electron chi connectivity index (χ4n) is 7.98. The highest BCUT2D eigenvalue weighted by Gasteiger charge is 2.64. The summed E-state index contributed by atoms with van der Waals surface area (Å²) in [6.07, 6.45) is 0.522. The largest absolute Gasteiger partial charge is 0.508 e. The second-order valence-electron chi connectivity index (χ2n) is 11.9. The molecule has 6 atom stereocenters. The predicted octanol–water partition coefficient (Wildman–Crippen LogP) is -0.116. The number of nitrogens with two attached hydrogens (primary N) is 1. The van der Waals surface area contributed by atoms with Gasteiger partial charge in [-0.2, -0.15) is 0 Å². The third-order valence-corrected chi connectivity index (χ3v) is 9.71. The molecule has 1 aromatic rings. The molecule has 1 aromatic carbocycles. The van der Waals surface area contributed by atoms with Crippen LogP contribution in [-0.4, -0.2) is 105 Å². The molecule has 2 heterocycles. The predicted molar refractivity (Wildman–Crippen MR) is 142 cm³/mol. The SMILES string of the molecule is CN(C)[C@@H]1C(=O)C(C(N)=O)=C(O)[C@@]2(O)C(=O)C3=C(O)c4c(O)c5c(c(F)c4C[C@H]3C[C@@H]12)C1C(CCN1CCO)CN5. The number of likely N-dealkylation sites (N-methyl/N-ethyl adjacent to an activating group) is 1. The van der Waals surface area contributed by atoms with Gasteiger partial charge in [-0.15, -0.1) is 0 Å². The highest BCUT2D eigenvalue weighted by molar-refractivity contribution is 6.24. The number of hydrogen-bond acceptors (Lipinski definition) is 11. The first-order chi connectivity index (χ1) is 19.4. The van der Waals surface area contributed by atoms with Crippen LogP contribution in [0.2, 0.25) is 0 Å². The van der Waals surface area contributed by atoms with Gasteiger partial charge in [0.1, 0.15) is 28.7 Å². The number of aromatic hydroxyl groups is 1. The Morgan fingerprint density at radius 1 is 1.24 bits per heavy atom. The fraction of sp³-hybridized carbons (Fsp3) is 0.536. The van der Waals surface area contributed by atoms with E-state index in [9.17, 15) is 39.9 Å². The van der Waals surface area contributed by atoms with Crippen molar-refractivity contribution in [3.8, 4) is 5.75 Å². The van der Waals surface area contributed by atoms with Crippen LogP contribution in [-0.2, 0) is 20.8 Å². The molecule has 1 saturated heterocycles. The topological polar surface area (TPSA) is 197 Å². The Morgan fingerprint density at radius 3 is 2.59 bits per heavy atom. The lowest BCUT2D eigenvalue weighted by Gasteiger charge is -2.50. The maximum absolute atomic E-state index is 16.5. The molecule has 1 saturated carbocycles. The number of carbonyl (C=O) groups is 3. The van der Waals surface area contributed by atoms with Gasteiger partial charge in [0.25, 0.3) is 5.91 Å². The Kier molecular flexibility index (Phi) is 6.23.